The third kappa shape index (κ3) is 3.22. The van der Waals surface area contributed by atoms with Crippen molar-refractivity contribution in [3.05, 3.63) is 42.0 Å². The van der Waals surface area contributed by atoms with Crippen LogP contribution < -0.4 is 19.9 Å². The van der Waals surface area contributed by atoms with E-state index in [9.17, 15) is 0 Å². The van der Waals surface area contributed by atoms with Crippen LogP contribution in [0.3, 0.4) is 0 Å². The standard InChI is InChI=1S/C15H17N3O3/c1-10(16)5-11-6-13-14(21-9-20-13)7-12(11)19-8-15-17-3-2-4-18-15/h2-4,6-7,10H,5,8-9,16H2,1H3. The van der Waals surface area contributed by atoms with Gasteiger partial charge in [-0.1, -0.05) is 0 Å². The van der Waals surface area contributed by atoms with Crippen LogP contribution in [0.4, 0.5) is 0 Å². The zero-order valence-corrected chi connectivity index (χ0v) is 11.8. The van der Waals surface area contributed by atoms with Crippen LogP contribution in [-0.2, 0) is 13.0 Å². The quantitative estimate of drug-likeness (QED) is 0.901. The summed E-state index contributed by atoms with van der Waals surface area (Å²) in [6.07, 6.45) is 4.07. The van der Waals surface area contributed by atoms with Gasteiger partial charge in [0.25, 0.3) is 0 Å². The van der Waals surface area contributed by atoms with Gasteiger partial charge in [0.1, 0.15) is 12.4 Å². The lowest BCUT2D eigenvalue weighted by Gasteiger charge is -2.13. The number of benzene rings is 1. The largest absolute Gasteiger partial charge is 0.485 e. The molecule has 1 aliphatic rings. The minimum atomic E-state index is 0.0284. The smallest absolute Gasteiger partial charge is 0.231 e. The van der Waals surface area contributed by atoms with Gasteiger partial charge < -0.3 is 19.9 Å². The average Bonchev–Trinajstić information content (AvgIpc) is 2.92. The number of ether oxygens (including phenoxy) is 3. The Morgan fingerprint density at radius 1 is 1.24 bits per heavy atom. The van der Waals surface area contributed by atoms with E-state index in [0.717, 1.165) is 17.1 Å². The Labute approximate surface area is 122 Å². The average molecular weight is 287 g/mol. The number of hydrogen-bond acceptors (Lipinski definition) is 6. The van der Waals surface area contributed by atoms with Crippen LogP contribution in [0.25, 0.3) is 0 Å². The molecule has 0 aliphatic carbocycles. The summed E-state index contributed by atoms with van der Waals surface area (Å²) in [5.41, 5.74) is 6.88. The van der Waals surface area contributed by atoms with Gasteiger partial charge in [-0.25, -0.2) is 9.97 Å². The molecule has 0 amide bonds. The van der Waals surface area contributed by atoms with Crippen molar-refractivity contribution in [1.29, 1.82) is 0 Å². The van der Waals surface area contributed by atoms with E-state index >= 15 is 0 Å². The van der Waals surface area contributed by atoms with E-state index in [0.29, 0.717) is 24.6 Å². The molecule has 1 aliphatic heterocycles. The van der Waals surface area contributed by atoms with Crippen LogP contribution >= 0.6 is 0 Å². The maximum Gasteiger partial charge on any atom is 0.231 e. The van der Waals surface area contributed by atoms with Crippen molar-refractivity contribution in [2.24, 2.45) is 5.73 Å². The number of fused-ring (bicyclic) bond motifs is 1. The topological polar surface area (TPSA) is 79.5 Å². The molecule has 0 fully saturated rings. The minimum Gasteiger partial charge on any atom is -0.485 e. The summed E-state index contributed by atoms with van der Waals surface area (Å²) in [5, 5.41) is 0. The number of aromatic nitrogens is 2. The van der Waals surface area contributed by atoms with Crippen LogP contribution in [0.15, 0.2) is 30.6 Å². The third-order valence-electron chi connectivity index (χ3n) is 3.07. The Hall–Kier alpha value is -2.34. The van der Waals surface area contributed by atoms with E-state index in [1.165, 1.54) is 0 Å². The molecule has 0 saturated carbocycles. The van der Waals surface area contributed by atoms with Crippen molar-refractivity contribution >= 4 is 0 Å². The molecule has 1 aromatic heterocycles. The van der Waals surface area contributed by atoms with Gasteiger partial charge in [0.15, 0.2) is 17.3 Å². The first-order chi connectivity index (χ1) is 10.2. The van der Waals surface area contributed by atoms with Crippen molar-refractivity contribution in [3.8, 4) is 17.2 Å². The van der Waals surface area contributed by atoms with Crippen molar-refractivity contribution in [3.63, 3.8) is 0 Å². The van der Waals surface area contributed by atoms with Crippen molar-refractivity contribution in [2.45, 2.75) is 26.0 Å². The molecule has 0 radical (unpaired) electrons. The fourth-order valence-electron chi connectivity index (χ4n) is 2.15. The molecule has 1 atom stereocenters. The number of nitrogens with zero attached hydrogens (tertiary/aromatic N) is 2. The lowest BCUT2D eigenvalue weighted by Crippen LogP contribution is -2.18. The predicted molar refractivity (Wildman–Crippen MR) is 76.3 cm³/mol. The number of hydrogen-bond donors (Lipinski definition) is 1. The second-order valence-corrected chi connectivity index (χ2v) is 4.95. The monoisotopic (exact) mass is 287 g/mol. The summed E-state index contributed by atoms with van der Waals surface area (Å²) in [7, 11) is 0. The highest BCUT2D eigenvalue weighted by Crippen LogP contribution is 2.38. The first-order valence-electron chi connectivity index (χ1n) is 6.79. The summed E-state index contributed by atoms with van der Waals surface area (Å²) in [5.74, 6) is 2.77. The fraction of sp³-hybridized carbons (Fsp3) is 0.333. The first kappa shape index (κ1) is 13.6. The summed E-state index contributed by atoms with van der Waals surface area (Å²) in [6.45, 7) is 2.49. The first-order valence-corrected chi connectivity index (χ1v) is 6.79. The van der Waals surface area contributed by atoms with E-state index in [1.54, 1.807) is 18.5 Å². The van der Waals surface area contributed by atoms with Crippen molar-refractivity contribution < 1.29 is 14.2 Å². The molecule has 0 spiro atoms. The van der Waals surface area contributed by atoms with Crippen LogP contribution in [0.2, 0.25) is 0 Å². The number of rotatable bonds is 5. The van der Waals surface area contributed by atoms with Gasteiger partial charge in [0, 0.05) is 24.5 Å². The number of nitrogens with two attached hydrogens (primary N) is 1. The van der Waals surface area contributed by atoms with Crippen LogP contribution in [0, 0.1) is 0 Å². The maximum absolute atomic E-state index is 5.89. The summed E-state index contributed by atoms with van der Waals surface area (Å²) < 4.78 is 16.6. The van der Waals surface area contributed by atoms with Crippen molar-refractivity contribution in [2.75, 3.05) is 6.79 Å². The Morgan fingerprint density at radius 3 is 2.67 bits per heavy atom. The van der Waals surface area contributed by atoms with Gasteiger partial charge >= 0.3 is 0 Å². The van der Waals surface area contributed by atoms with Gasteiger partial charge in [0.05, 0.1) is 0 Å². The molecule has 6 heteroatoms. The Bertz CT molecular complexity index is 617. The third-order valence-corrected chi connectivity index (χ3v) is 3.07. The summed E-state index contributed by atoms with van der Waals surface area (Å²) in [6, 6.07) is 5.56. The molecule has 0 saturated heterocycles. The van der Waals surface area contributed by atoms with E-state index in [-0.39, 0.29) is 12.8 Å². The predicted octanol–water partition coefficient (Wildman–Crippen LogP) is 1.67. The van der Waals surface area contributed by atoms with E-state index in [1.807, 2.05) is 19.1 Å². The molecule has 1 aromatic carbocycles. The van der Waals surface area contributed by atoms with Gasteiger partial charge in [-0.15, -0.1) is 0 Å². The molecule has 21 heavy (non-hydrogen) atoms. The molecule has 0 bridgehead atoms. The molecular formula is C15H17N3O3. The highest BCUT2D eigenvalue weighted by molar-refractivity contribution is 5.52. The van der Waals surface area contributed by atoms with E-state index in [4.69, 9.17) is 19.9 Å². The molecular weight excluding hydrogens is 270 g/mol. The normalized spacial score (nSPS) is 14.0. The lowest BCUT2D eigenvalue weighted by molar-refractivity contribution is 0.173. The highest BCUT2D eigenvalue weighted by atomic mass is 16.7. The summed E-state index contributed by atoms with van der Waals surface area (Å²) >= 11 is 0. The SMILES string of the molecule is CC(N)Cc1cc2c(cc1OCc1ncccn1)OCO2. The summed E-state index contributed by atoms with van der Waals surface area (Å²) in [4.78, 5) is 8.28. The van der Waals surface area contributed by atoms with Gasteiger partial charge in [-0.05, 0) is 31.0 Å². The van der Waals surface area contributed by atoms with E-state index in [2.05, 4.69) is 9.97 Å². The Kier molecular flexibility index (Phi) is 3.87. The van der Waals surface area contributed by atoms with Gasteiger partial charge in [0.2, 0.25) is 6.79 Å². The van der Waals surface area contributed by atoms with Gasteiger partial charge in [-0.2, -0.15) is 0 Å². The molecule has 2 N–H and O–H groups in total. The molecule has 2 aromatic rings. The second kappa shape index (κ2) is 5.97. The lowest BCUT2D eigenvalue weighted by atomic mass is 10.1. The Morgan fingerprint density at radius 2 is 1.95 bits per heavy atom. The van der Waals surface area contributed by atoms with Crippen LogP contribution in [0.1, 0.15) is 18.3 Å². The zero-order valence-electron chi connectivity index (χ0n) is 11.8. The molecule has 2 heterocycles. The van der Waals surface area contributed by atoms with Crippen LogP contribution in [-0.4, -0.2) is 22.8 Å². The Balaban J connectivity index is 1.82. The van der Waals surface area contributed by atoms with Crippen LogP contribution in [0.5, 0.6) is 17.2 Å². The molecule has 6 nitrogen and oxygen atoms in total. The minimum absolute atomic E-state index is 0.0284. The van der Waals surface area contributed by atoms with E-state index < -0.39 is 0 Å². The molecule has 1 unspecified atom stereocenters. The molecule has 110 valence electrons. The highest BCUT2D eigenvalue weighted by Gasteiger charge is 2.19. The molecule has 3 rings (SSSR count). The fourth-order valence-corrected chi connectivity index (χ4v) is 2.15. The van der Waals surface area contributed by atoms with Crippen molar-refractivity contribution in [1.82, 2.24) is 9.97 Å². The zero-order chi connectivity index (χ0) is 14.7. The second-order valence-electron chi connectivity index (χ2n) is 4.95. The van der Waals surface area contributed by atoms with Gasteiger partial charge in [-0.3, -0.25) is 0 Å². The maximum atomic E-state index is 5.89.